The summed E-state index contributed by atoms with van der Waals surface area (Å²) in [5.41, 5.74) is 1.54. The van der Waals surface area contributed by atoms with E-state index in [0.717, 1.165) is 5.56 Å². The topological polar surface area (TPSA) is 18.5 Å². The van der Waals surface area contributed by atoms with Gasteiger partial charge in [0.1, 0.15) is 11.5 Å². The highest BCUT2D eigenvalue weighted by molar-refractivity contribution is 5.63. The van der Waals surface area contributed by atoms with Gasteiger partial charge in [-0.2, -0.15) is 0 Å². The summed E-state index contributed by atoms with van der Waals surface area (Å²) in [6.45, 7) is 3.68. The highest BCUT2D eigenvalue weighted by Crippen LogP contribution is 2.28. The van der Waals surface area contributed by atoms with E-state index < -0.39 is 0 Å². The van der Waals surface area contributed by atoms with Crippen molar-refractivity contribution in [1.29, 1.82) is 0 Å². The fourth-order valence-corrected chi connectivity index (χ4v) is 1.19. The lowest BCUT2D eigenvalue weighted by Gasteiger charge is -2.09. The van der Waals surface area contributed by atoms with Crippen molar-refractivity contribution in [3.8, 4) is 23.8 Å². The van der Waals surface area contributed by atoms with Crippen LogP contribution in [0.15, 0.2) is 18.7 Å². The Labute approximate surface area is 84.2 Å². The molecule has 0 radical (unpaired) electrons. The van der Waals surface area contributed by atoms with E-state index in [2.05, 4.69) is 12.5 Å². The second-order valence-corrected chi connectivity index (χ2v) is 2.64. The maximum absolute atomic E-state index is 5.33. The Hall–Kier alpha value is -1.88. The molecule has 0 atom stereocenters. The van der Waals surface area contributed by atoms with Gasteiger partial charge in [0.15, 0.2) is 0 Å². The average molecular weight is 188 g/mol. The quantitative estimate of drug-likeness (QED) is 0.678. The minimum atomic E-state index is 0.656. The first kappa shape index (κ1) is 10.2. The molecule has 0 saturated heterocycles. The molecule has 0 fully saturated rings. The van der Waals surface area contributed by atoms with Crippen molar-refractivity contribution < 1.29 is 9.47 Å². The van der Waals surface area contributed by atoms with Gasteiger partial charge in [0.05, 0.1) is 19.8 Å². The van der Waals surface area contributed by atoms with Gasteiger partial charge < -0.3 is 9.47 Å². The van der Waals surface area contributed by atoms with Crippen molar-refractivity contribution in [2.75, 3.05) is 14.2 Å². The SMILES string of the molecule is C#Cc1cc(OC)c(C=C)cc1OC. The summed E-state index contributed by atoms with van der Waals surface area (Å²) in [6.07, 6.45) is 7.03. The van der Waals surface area contributed by atoms with Gasteiger partial charge in [0.2, 0.25) is 0 Å². The minimum absolute atomic E-state index is 0.656. The van der Waals surface area contributed by atoms with Gasteiger partial charge in [-0.25, -0.2) is 0 Å². The molecule has 2 nitrogen and oxygen atoms in total. The fraction of sp³-hybridized carbons (Fsp3) is 0.167. The molecule has 0 aromatic heterocycles. The first-order valence-corrected chi connectivity index (χ1v) is 4.12. The summed E-state index contributed by atoms with van der Waals surface area (Å²) < 4.78 is 10.3. The van der Waals surface area contributed by atoms with Crippen molar-refractivity contribution in [3.05, 3.63) is 29.8 Å². The second-order valence-electron chi connectivity index (χ2n) is 2.64. The molecule has 1 aromatic rings. The highest BCUT2D eigenvalue weighted by atomic mass is 16.5. The first-order valence-electron chi connectivity index (χ1n) is 4.12. The molecule has 0 N–H and O–H groups in total. The Balaban J connectivity index is 3.37. The van der Waals surface area contributed by atoms with Crippen LogP contribution in [0.2, 0.25) is 0 Å². The number of benzene rings is 1. The Morgan fingerprint density at radius 1 is 1.29 bits per heavy atom. The molecule has 1 aromatic carbocycles. The van der Waals surface area contributed by atoms with Crippen LogP contribution in [-0.2, 0) is 0 Å². The van der Waals surface area contributed by atoms with E-state index in [1.165, 1.54) is 0 Å². The molecular formula is C12H12O2. The summed E-state index contributed by atoms with van der Waals surface area (Å²) in [5.74, 6) is 3.89. The molecule has 0 aliphatic heterocycles. The van der Waals surface area contributed by atoms with Gasteiger partial charge in [-0.15, -0.1) is 6.42 Å². The molecule has 0 bridgehead atoms. The summed E-state index contributed by atoms with van der Waals surface area (Å²) >= 11 is 0. The van der Waals surface area contributed by atoms with Crippen LogP contribution < -0.4 is 9.47 Å². The number of hydrogen-bond donors (Lipinski definition) is 0. The smallest absolute Gasteiger partial charge is 0.135 e. The summed E-state index contributed by atoms with van der Waals surface area (Å²) in [6, 6.07) is 3.57. The molecule has 72 valence electrons. The average Bonchev–Trinajstić information content (AvgIpc) is 2.26. The zero-order chi connectivity index (χ0) is 10.6. The van der Waals surface area contributed by atoms with Crippen molar-refractivity contribution in [2.45, 2.75) is 0 Å². The fourth-order valence-electron chi connectivity index (χ4n) is 1.19. The van der Waals surface area contributed by atoms with E-state index in [1.807, 2.05) is 0 Å². The van der Waals surface area contributed by atoms with E-state index in [-0.39, 0.29) is 0 Å². The number of rotatable bonds is 3. The van der Waals surface area contributed by atoms with E-state index in [9.17, 15) is 0 Å². The largest absolute Gasteiger partial charge is 0.496 e. The molecule has 0 aliphatic carbocycles. The highest BCUT2D eigenvalue weighted by Gasteiger charge is 2.06. The van der Waals surface area contributed by atoms with Gasteiger partial charge in [0.25, 0.3) is 0 Å². The van der Waals surface area contributed by atoms with Gasteiger partial charge in [-0.05, 0) is 6.07 Å². The number of terminal acetylenes is 1. The normalized spacial score (nSPS) is 8.93. The van der Waals surface area contributed by atoms with E-state index in [4.69, 9.17) is 15.9 Å². The molecule has 1 rings (SSSR count). The molecule has 0 amide bonds. The van der Waals surface area contributed by atoms with Crippen LogP contribution in [0.25, 0.3) is 6.08 Å². The Kier molecular flexibility index (Phi) is 3.19. The molecule has 0 unspecified atom stereocenters. The first-order chi connectivity index (χ1) is 6.76. The van der Waals surface area contributed by atoms with Crippen molar-refractivity contribution >= 4 is 6.08 Å². The molecule has 0 spiro atoms. The van der Waals surface area contributed by atoms with Gasteiger partial charge in [-0.3, -0.25) is 0 Å². The lowest BCUT2D eigenvalue weighted by Crippen LogP contribution is -1.93. The third-order valence-corrected chi connectivity index (χ3v) is 1.93. The number of hydrogen-bond acceptors (Lipinski definition) is 2. The summed E-state index contributed by atoms with van der Waals surface area (Å²) in [5, 5.41) is 0. The predicted octanol–water partition coefficient (Wildman–Crippen LogP) is 2.33. The maximum atomic E-state index is 5.33. The van der Waals surface area contributed by atoms with Crippen LogP contribution in [0.4, 0.5) is 0 Å². The van der Waals surface area contributed by atoms with Crippen LogP contribution in [0, 0.1) is 12.3 Å². The van der Waals surface area contributed by atoms with Crippen molar-refractivity contribution in [1.82, 2.24) is 0 Å². The zero-order valence-electron chi connectivity index (χ0n) is 8.33. The third kappa shape index (κ3) is 1.72. The van der Waals surface area contributed by atoms with Gasteiger partial charge in [0, 0.05) is 11.6 Å². The Morgan fingerprint density at radius 2 is 1.93 bits per heavy atom. The molecular weight excluding hydrogens is 176 g/mol. The molecule has 0 saturated carbocycles. The maximum Gasteiger partial charge on any atom is 0.135 e. The predicted molar refractivity (Wildman–Crippen MR) is 57.6 cm³/mol. The van der Waals surface area contributed by atoms with Crippen molar-refractivity contribution in [2.24, 2.45) is 0 Å². The van der Waals surface area contributed by atoms with Crippen LogP contribution in [0.1, 0.15) is 11.1 Å². The van der Waals surface area contributed by atoms with Crippen molar-refractivity contribution in [3.63, 3.8) is 0 Å². The Morgan fingerprint density at radius 3 is 2.36 bits per heavy atom. The van der Waals surface area contributed by atoms with Crippen LogP contribution in [0.5, 0.6) is 11.5 Å². The molecule has 0 aliphatic rings. The standard InChI is InChI=1S/C12H12O2/c1-5-9-7-12(14-4)10(6-2)8-11(9)13-3/h1,6-8H,2H2,3-4H3. The van der Waals surface area contributed by atoms with E-state index in [0.29, 0.717) is 17.1 Å². The monoisotopic (exact) mass is 188 g/mol. The summed E-state index contributed by atoms with van der Waals surface area (Å²) in [4.78, 5) is 0. The van der Waals surface area contributed by atoms with E-state index in [1.54, 1.807) is 32.4 Å². The lowest BCUT2D eigenvalue weighted by molar-refractivity contribution is 0.401. The third-order valence-electron chi connectivity index (χ3n) is 1.93. The summed E-state index contributed by atoms with van der Waals surface area (Å²) in [7, 11) is 3.17. The van der Waals surface area contributed by atoms with E-state index >= 15 is 0 Å². The number of ether oxygens (including phenoxy) is 2. The van der Waals surface area contributed by atoms with Crippen LogP contribution in [0.3, 0.4) is 0 Å². The van der Waals surface area contributed by atoms with Crippen LogP contribution >= 0.6 is 0 Å². The number of methoxy groups -OCH3 is 2. The molecule has 14 heavy (non-hydrogen) atoms. The Bertz CT molecular complexity index is 386. The molecule has 0 heterocycles. The van der Waals surface area contributed by atoms with Crippen LogP contribution in [-0.4, -0.2) is 14.2 Å². The zero-order valence-corrected chi connectivity index (χ0v) is 8.33. The lowest BCUT2D eigenvalue weighted by atomic mass is 10.1. The molecule has 2 heteroatoms. The van der Waals surface area contributed by atoms with Gasteiger partial charge in [-0.1, -0.05) is 18.6 Å². The van der Waals surface area contributed by atoms with Gasteiger partial charge >= 0.3 is 0 Å². The minimum Gasteiger partial charge on any atom is -0.496 e. The second kappa shape index (κ2) is 4.38.